The van der Waals surface area contributed by atoms with Crippen molar-refractivity contribution in [2.24, 2.45) is 0 Å². The zero-order valence-electron chi connectivity index (χ0n) is 15.4. The lowest BCUT2D eigenvalue weighted by atomic mass is 10.0. The van der Waals surface area contributed by atoms with Crippen molar-refractivity contribution in [2.75, 3.05) is 32.2 Å². The zero-order valence-corrected chi connectivity index (χ0v) is 16.2. The third-order valence-electron chi connectivity index (χ3n) is 4.51. The highest BCUT2D eigenvalue weighted by Gasteiger charge is 2.22. The van der Waals surface area contributed by atoms with Gasteiger partial charge in [-0.2, -0.15) is 0 Å². The fourth-order valence-electron chi connectivity index (χ4n) is 3.07. The van der Waals surface area contributed by atoms with Crippen molar-refractivity contribution in [1.29, 1.82) is 0 Å². The van der Waals surface area contributed by atoms with Gasteiger partial charge in [-0.15, -0.1) is 11.3 Å². The number of hydrogen-bond donors (Lipinski definition) is 0. The van der Waals surface area contributed by atoms with E-state index in [0.29, 0.717) is 6.61 Å². The van der Waals surface area contributed by atoms with E-state index in [-0.39, 0.29) is 0 Å². The van der Waals surface area contributed by atoms with E-state index >= 15 is 0 Å². The van der Waals surface area contributed by atoms with Crippen molar-refractivity contribution in [3.05, 3.63) is 48.7 Å². The van der Waals surface area contributed by atoms with Crippen molar-refractivity contribution in [2.45, 2.75) is 12.8 Å². The summed E-state index contributed by atoms with van der Waals surface area (Å²) in [4.78, 5) is 21.5. The fourth-order valence-corrected chi connectivity index (χ4v) is 3.93. The fraction of sp³-hybridized carbons (Fsp3) is 0.300. The molecule has 0 radical (unpaired) electrons. The minimum absolute atomic E-state index is 0.713. The van der Waals surface area contributed by atoms with Gasteiger partial charge in [0.1, 0.15) is 16.4 Å². The molecule has 4 heterocycles. The van der Waals surface area contributed by atoms with Gasteiger partial charge in [0.2, 0.25) is 0 Å². The first-order valence-corrected chi connectivity index (χ1v) is 9.71. The van der Waals surface area contributed by atoms with Crippen LogP contribution >= 0.6 is 11.3 Å². The minimum Gasteiger partial charge on any atom is -0.384 e. The smallest absolute Gasteiger partial charge is 0.154 e. The second-order valence-electron chi connectivity index (χ2n) is 6.38. The molecule has 1 aliphatic rings. The highest BCUT2D eigenvalue weighted by atomic mass is 32.1. The molecule has 0 fully saturated rings. The van der Waals surface area contributed by atoms with Crippen LogP contribution in [0, 0.1) is 0 Å². The summed E-state index contributed by atoms with van der Waals surface area (Å²) in [7, 11) is 3.79. The Morgan fingerprint density at radius 1 is 1.26 bits per heavy atom. The second-order valence-corrected chi connectivity index (χ2v) is 7.41. The molecule has 0 spiro atoms. The van der Waals surface area contributed by atoms with Crippen molar-refractivity contribution in [3.8, 4) is 21.1 Å². The van der Waals surface area contributed by atoms with E-state index in [1.165, 1.54) is 5.57 Å². The monoisotopic (exact) mass is 379 g/mol. The molecule has 0 aliphatic carbocycles. The number of anilines is 1. The number of aromatic nitrogens is 4. The SMILES string of the molecule is COCC/C=C1\CCN(C)c2ncc(-c3cnc(-c4cccnc4)s3)nc21. The van der Waals surface area contributed by atoms with E-state index in [0.717, 1.165) is 52.0 Å². The van der Waals surface area contributed by atoms with Gasteiger partial charge in [-0.1, -0.05) is 6.08 Å². The molecule has 0 amide bonds. The van der Waals surface area contributed by atoms with Crippen LogP contribution in [0.15, 0.2) is 43.0 Å². The highest BCUT2D eigenvalue weighted by Crippen LogP contribution is 2.35. The summed E-state index contributed by atoms with van der Waals surface area (Å²) < 4.78 is 5.18. The van der Waals surface area contributed by atoms with Gasteiger partial charge >= 0.3 is 0 Å². The molecule has 0 saturated heterocycles. The predicted octanol–water partition coefficient (Wildman–Crippen LogP) is 3.92. The van der Waals surface area contributed by atoms with E-state index in [2.05, 4.69) is 28.0 Å². The van der Waals surface area contributed by atoms with E-state index in [4.69, 9.17) is 14.7 Å². The maximum Gasteiger partial charge on any atom is 0.154 e. The zero-order chi connectivity index (χ0) is 18.6. The van der Waals surface area contributed by atoms with Gasteiger partial charge in [-0.25, -0.2) is 15.0 Å². The Morgan fingerprint density at radius 2 is 2.19 bits per heavy atom. The van der Waals surface area contributed by atoms with Crippen molar-refractivity contribution in [3.63, 3.8) is 0 Å². The number of ether oxygens (including phenoxy) is 1. The van der Waals surface area contributed by atoms with Gasteiger partial charge in [-0.05, 0) is 30.5 Å². The average Bonchev–Trinajstić information content (AvgIpc) is 3.21. The van der Waals surface area contributed by atoms with Crippen LogP contribution in [0.25, 0.3) is 26.7 Å². The summed E-state index contributed by atoms with van der Waals surface area (Å²) in [6.07, 6.45) is 11.4. The maximum atomic E-state index is 5.18. The molecular formula is C20H21N5OS. The minimum atomic E-state index is 0.713. The van der Waals surface area contributed by atoms with Gasteiger partial charge in [-0.3, -0.25) is 4.98 Å². The normalized spacial score (nSPS) is 15.2. The van der Waals surface area contributed by atoms with E-state index in [1.807, 2.05) is 30.7 Å². The summed E-state index contributed by atoms with van der Waals surface area (Å²) in [5, 5.41) is 0.936. The van der Waals surface area contributed by atoms with Crippen molar-refractivity contribution < 1.29 is 4.74 Å². The molecule has 0 N–H and O–H groups in total. The topological polar surface area (TPSA) is 64.0 Å². The first-order chi connectivity index (χ1) is 13.3. The molecule has 0 aromatic carbocycles. The third-order valence-corrected chi connectivity index (χ3v) is 5.58. The second kappa shape index (κ2) is 7.94. The number of methoxy groups -OCH3 is 1. The molecule has 1 aliphatic heterocycles. The number of pyridine rings is 1. The summed E-state index contributed by atoms with van der Waals surface area (Å²) in [5.74, 6) is 0.936. The van der Waals surface area contributed by atoms with Gasteiger partial charge in [0.25, 0.3) is 0 Å². The van der Waals surface area contributed by atoms with Crippen LogP contribution in [-0.2, 0) is 4.74 Å². The Morgan fingerprint density at radius 3 is 3.00 bits per heavy atom. The molecule has 0 bridgehead atoms. The van der Waals surface area contributed by atoms with E-state index in [9.17, 15) is 0 Å². The lowest BCUT2D eigenvalue weighted by Gasteiger charge is -2.27. The molecule has 0 saturated carbocycles. The number of fused-ring (bicyclic) bond motifs is 1. The lowest BCUT2D eigenvalue weighted by molar-refractivity contribution is 0.204. The van der Waals surface area contributed by atoms with Crippen molar-refractivity contribution >= 4 is 22.7 Å². The largest absolute Gasteiger partial charge is 0.384 e. The van der Waals surface area contributed by atoms with Crippen LogP contribution in [0.2, 0.25) is 0 Å². The summed E-state index contributed by atoms with van der Waals surface area (Å²) >= 11 is 1.61. The molecule has 0 unspecified atom stereocenters. The summed E-state index contributed by atoms with van der Waals surface area (Å²) in [6.45, 7) is 1.66. The van der Waals surface area contributed by atoms with Gasteiger partial charge in [0.15, 0.2) is 5.82 Å². The molecule has 3 aromatic rings. The molecule has 27 heavy (non-hydrogen) atoms. The summed E-state index contributed by atoms with van der Waals surface area (Å²) in [6, 6.07) is 3.93. The van der Waals surface area contributed by atoms with Crippen LogP contribution in [0.3, 0.4) is 0 Å². The number of rotatable bonds is 5. The molecule has 0 atom stereocenters. The van der Waals surface area contributed by atoms with E-state index < -0.39 is 0 Å². The van der Waals surface area contributed by atoms with Gasteiger partial charge in [0, 0.05) is 51.5 Å². The predicted molar refractivity (Wildman–Crippen MR) is 109 cm³/mol. The Labute approximate surface area is 162 Å². The molecule has 6 nitrogen and oxygen atoms in total. The third kappa shape index (κ3) is 3.74. The van der Waals surface area contributed by atoms with Crippen molar-refractivity contribution in [1.82, 2.24) is 19.9 Å². The van der Waals surface area contributed by atoms with Crippen LogP contribution in [-0.4, -0.2) is 47.2 Å². The molecule has 4 rings (SSSR count). The van der Waals surface area contributed by atoms with Gasteiger partial charge in [0.05, 0.1) is 11.1 Å². The van der Waals surface area contributed by atoms with Crippen LogP contribution in [0.4, 0.5) is 5.82 Å². The Bertz CT molecular complexity index is 954. The maximum absolute atomic E-state index is 5.18. The first kappa shape index (κ1) is 17.8. The Kier molecular flexibility index (Phi) is 5.22. The number of thiazole rings is 1. The van der Waals surface area contributed by atoms with Crippen LogP contribution in [0.5, 0.6) is 0 Å². The first-order valence-electron chi connectivity index (χ1n) is 8.89. The molecule has 3 aromatic heterocycles. The lowest BCUT2D eigenvalue weighted by Crippen LogP contribution is -2.26. The molecule has 7 heteroatoms. The Balaban J connectivity index is 1.68. The van der Waals surface area contributed by atoms with Gasteiger partial charge < -0.3 is 9.64 Å². The summed E-state index contributed by atoms with van der Waals surface area (Å²) in [5.41, 5.74) is 4.08. The Hall–Kier alpha value is -2.64. The van der Waals surface area contributed by atoms with Crippen LogP contribution < -0.4 is 4.90 Å². The number of hydrogen-bond acceptors (Lipinski definition) is 7. The number of nitrogens with zero attached hydrogens (tertiary/aromatic N) is 5. The standard InChI is InChI=1S/C20H21N5OS/c1-25-9-7-14(6-4-10-26-2)18-19(25)22-12-16(24-18)17-13-23-20(27-17)15-5-3-8-21-11-15/h3,5-6,8,11-13H,4,7,9-10H2,1-2H3/b14-6+. The van der Waals surface area contributed by atoms with E-state index in [1.54, 1.807) is 24.6 Å². The quantitative estimate of drug-likeness (QED) is 0.626. The molecular weight excluding hydrogens is 358 g/mol. The average molecular weight is 379 g/mol. The van der Waals surface area contributed by atoms with Crippen LogP contribution in [0.1, 0.15) is 18.5 Å². The highest BCUT2D eigenvalue weighted by molar-refractivity contribution is 7.18. The molecule has 138 valence electrons.